The summed E-state index contributed by atoms with van der Waals surface area (Å²) < 4.78 is 5.59. The molecule has 3 rings (SSSR count). The van der Waals surface area contributed by atoms with Crippen LogP contribution in [0.25, 0.3) is 11.0 Å². The van der Waals surface area contributed by atoms with Crippen LogP contribution in [0.3, 0.4) is 0 Å². The number of pyridine rings is 1. The van der Waals surface area contributed by atoms with E-state index in [4.69, 9.17) is 39.2 Å². The maximum atomic E-state index is 10.3. The Labute approximate surface area is 129 Å². The van der Waals surface area contributed by atoms with Gasteiger partial charge in [0.05, 0.1) is 20.8 Å². The molecule has 0 spiro atoms. The van der Waals surface area contributed by atoms with E-state index in [1.165, 1.54) is 12.3 Å². The lowest BCUT2D eigenvalue weighted by atomic mass is 10.1. The highest BCUT2D eigenvalue weighted by Gasteiger charge is 2.20. The van der Waals surface area contributed by atoms with Gasteiger partial charge in [-0.3, -0.25) is 4.98 Å². The first-order valence-corrected chi connectivity index (χ1v) is 6.86. The lowest BCUT2D eigenvalue weighted by Gasteiger charge is -2.08. The third-order valence-electron chi connectivity index (χ3n) is 2.88. The minimum absolute atomic E-state index is 0.275. The number of nitrogens with zero attached hydrogens (tertiary/aromatic N) is 1. The molecule has 1 atom stereocenters. The van der Waals surface area contributed by atoms with Crippen molar-refractivity contribution in [2.45, 2.75) is 6.10 Å². The Hall–Kier alpha value is -1.26. The lowest BCUT2D eigenvalue weighted by Crippen LogP contribution is -2.01. The molecule has 3 aromatic rings. The molecule has 102 valence electrons. The predicted molar refractivity (Wildman–Crippen MR) is 79.5 cm³/mol. The van der Waals surface area contributed by atoms with Gasteiger partial charge in [0.15, 0.2) is 11.7 Å². The van der Waals surface area contributed by atoms with Gasteiger partial charge in [0.1, 0.15) is 5.76 Å². The van der Waals surface area contributed by atoms with E-state index in [1.807, 2.05) is 12.1 Å². The van der Waals surface area contributed by atoms with Crippen LogP contribution in [0.5, 0.6) is 0 Å². The topological polar surface area (TPSA) is 46.3 Å². The van der Waals surface area contributed by atoms with E-state index in [-0.39, 0.29) is 10.7 Å². The first-order chi connectivity index (χ1) is 9.56. The molecule has 0 amide bonds. The van der Waals surface area contributed by atoms with Gasteiger partial charge in [-0.2, -0.15) is 0 Å². The molecule has 20 heavy (non-hydrogen) atoms. The summed E-state index contributed by atoms with van der Waals surface area (Å²) in [6, 6.07) is 8.60. The number of aromatic nitrogens is 1. The number of rotatable bonds is 2. The van der Waals surface area contributed by atoms with Gasteiger partial charge in [0.25, 0.3) is 0 Å². The Morgan fingerprint density at radius 1 is 1.10 bits per heavy atom. The first-order valence-electron chi connectivity index (χ1n) is 5.73. The van der Waals surface area contributed by atoms with Crippen LogP contribution in [-0.2, 0) is 0 Å². The fraction of sp³-hybridized carbons (Fsp3) is 0.0714. The van der Waals surface area contributed by atoms with Crippen LogP contribution in [0, 0.1) is 0 Å². The zero-order valence-electron chi connectivity index (χ0n) is 9.98. The molecular weight excluding hydrogens is 321 g/mol. The van der Waals surface area contributed by atoms with Gasteiger partial charge in [0, 0.05) is 11.6 Å². The second kappa shape index (κ2) is 5.26. The minimum atomic E-state index is -1.08. The fourth-order valence-corrected chi connectivity index (χ4v) is 2.65. The predicted octanol–water partition coefficient (Wildman–Crippen LogP) is 4.87. The minimum Gasteiger partial charge on any atom is -0.456 e. The molecule has 1 unspecified atom stereocenters. The van der Waals surface area contributed by atoms with Crippen molar-refractivity contribution < 1.29 is 9.52 Å². The van der Waals surface area contributed by atoms with E-state index < -0.39 is 6.10 Å². The number of halogens is 3. The van der Waals surface area contributed by atoms with Crippen molar-refractivity contribution in [3.63, 3.8) is 0 Å². The van der Waals surface area contributed by atoms with E-state index in [0.29, 0.717) is 21.4 Å². The van der Waals surface area contributed by atoms with Crippen molar-refractivity contribution in [3.8, 4) is 0 Å². The van der Waals surface area contributed by atoms with Gasteiger partial charge in [-0.25, -0.2) is 0 Å². The molecule has 0 aliphatic heterocycles. The molecule has 0 saturated heterocycles. The Balaban J connectivity index is 2.08. The number of benzene rings is 1. The normalized spacial score (nSPS) is 12.8. The number of aliphatic hydroxyl groups excluding tert-OH is 1. The third-order valence-corrected chi connectivity index (χ3v) is 3.69. The van der Waals surface area contributed by atoms with Crippen LogP contribution >= 0.6 is 34.8 Å². The van der Waals surface area contributed by atoms with Crippen LogP contribution in [0.2, 0.25) is 15.1 Å². The molecule has 3 nitrogen and oxygen atoms in total. The Morgan fingerprint density at radius 2 is 1.90 bits per heavy atom. The average Bonchev–Trinajstić information content (AvgIpc) is 2.83. The number of fused-ring (bicyclic) bond motifs is 1. The van der Waals surface area contributed by atoms with Gasteiger partial charge in [0.2, 0.25) is 0 Å². The van der Waals surface area contributed by atoms with Gasteiger partial charge < -0.3 is 9.52 Å². The monoisotopic (exact) mass is 327 g/mol. The summed E-state index contributed by atoms with van der Waals surface area (Å²) in [7, 11) is 0. The van der Waals surface area contributed by atoms with Crippen molar-refractivity contribution in [2.75, 3.05) is 0 Å². The summed E-state index contributed by atoms with van der Waals surface area (Å²) in [5.74, 6) is 0.324. The number of furan rings is 1. The van der Waals surface area contributed by atoms with Crippen LogP contribution in [0.15, 0.2) is 40.9 Å². The smallest absolute Gasteiger partial charge is 0.155 e. The largest absolute Gasteiger partial charge is 0.456 e. The molecule has 0 radical (unpaired) electrons. The van der Waals surface area contributed by atoms with Crippen LogP contribution in [0.4, 0.5) is 0 Å². The third kappa shape index (κ3) is 2.38. The second-order valence-corrected chi connectivity index (χ2v) is 5.48. The van der Waals surface area contributed by atoms with Crippen molar-refractivity contribution in [2.24, 2.45) is 0 Å². The summed E-state index contributed by atoms with van der Waals surface area (Å²) in [6.07, 6.45) is 0.338. The highest BCUT2D eigenvalue weighted by Crippen LogP contribution is 2.33. The number of para-hydroxylation sites is 1. The molecule has 0 fully saturated rings. The second-order valence-electron chi connectivity index (χ2n) is 4.23. The number of hydrogen-bond acceptors (Lipinski definition) is 3. The quantitative estimate of drug-likeness (QED) is 0.730. The first kappa shape index (κ1) is 13.7. The van der Waals surface area contributed by atoms with E-state index >= 15 is 0 Å². The van der Waals surface area contributed by atoms with Gasteiger partial charge in [-0.05, 0) is 18.2 Å². The van der Waals surface area contributed by atoms with Crippen LogP contribution < -0.4 is 0 Å². The molecule has 0 aliphatic rings. The Bertz CT molecular complexity index is 785. The van der Waals surface area contributed by atoms with Crippen molar-refractivity contribution in [3.05, 3.63) is 63.1 Å². The summed E-state index contributed by atoms with van der Waals surface area (Å²) >= 11 is 17.9. The summed E-state index contributed by atoms with van der Waals surface area (Å²) in [5, 5.41) is 12.3. The Kier molecular flexibility index (Phi) is 3.61. The molecule has 0 bridgehead atoms. The maximum absolute atomic E-state index is 10.3. The molecule has 1 aromatic carbocycles. The molecule has 0 saturated carbocycles. The lowest BCUT2D eigenvalue weighted by molar-refractivity contribution is 0.188. The molecule has 6 heteroatoms. The van der Waals surface area contributed by atoms with E-state index in [2.05, 4.69) is 4.98 Å². The molecule has 1 N–H and O–H groups in total. The van der Waals surface area contributed by atoms with E-state index in [0.717, 1.165) is 5.39 Å². The number of hydrogen-bond donors (Lipinski definition) is 1. The van der Waals surface area contributed by atoms with Gasteiger partial charge in [-0.1, -0.05) is 46.9 Å². The maximum Gasteiger partial charge on any atom is 0.155 e. The number of aliphatic hydroxyl groups is 1. The molecular formula is C14H8Cl3NO2. The van der Waals surface area contributed by atoms with Crippen LogP contribution in [-0.4, -0.2) is 10.1 Å². The molecule has 0 aliphatic carbocycles. The zero-order valence-corrected chi connectivity index (χ0v) is 12.2. The van der Waals surface area contributed by atoms with E-state index in [1.54, 1.807) is 12.1 Å². The summed E-state index contributed by atoms with van der Waals surface area (Å²) in [6.45, 7) is 0. The SMILES string of the molecule is OC(c1cc2cccc(Cl)c2o1)c1ncc(Cl)cc1Cl. The van der Waals surface area contributed by atoms with Crippen molar-refractivity contribution >= 4 is 45.8 Å². The Morgan fingerprint density at radius 3 is 2.60 bits per heavy atom. The fourth-order valence-electron chi connectivity index (χ4n) is 1.94. The van der Waals surface area contributed by atoms with Crippen molar-refractivity contribution in [1.82, 2.24) is 4.98 Å². The molecule has 2 aromatic heterocycles. The molecule has 2 heterocycles. The zero-order chi connectivity index (χ0) is 14.3. The average molecular weight is 329 g/mol. The van der Waals surface area contributed by atoms with Crippen molar-refractivity contribution in [1.29, 1.82) is 0 Å². The summed E-state index contributed by atoms with van der Waals surface area (Å²) in [4.78, 5) is 4.04. The van der Waals surface area contributed by atoms with E-state index in [9.17, 15) is 5.11 Å². The van der Waals surface area contributed by atoms with Crippen LogP contribution in [0.1, 0.15) is 17.6 Å². The highest BCUT2D eigenvalue weighted by atomic mass is 35.5. The van der Waals surface area contributed by atoms with Gasteiger partial charge >= 0.3 is 0 Å². The highest BCUT2D eigenvalue weighted by molar-refractivity contribution is 6.35. The van der Waals surface area contributed by atoms with Gasteiger partial charge in [-0.15, -0.1) is 0 Å². The summed E-state index contributed by atoms with van der Waals surface area (Å²) in [5.41, 5.74) is 0.805. The standard InChI is InChI=1S/C14H8Cl3NO2/c15-8-5-10(17)12(18-6-8)13(19)11-4-7-2-1-3-9(16)14(7)20-11/h1-6,13,19H.